The summed E-state index contributed by atoms with van der Waals surface area (Å²) in [5.41, 5.74) is 6.13. The lowest BCUT2D eigenvalue weighted by Crippen LogP contribution is -1.80. The molecule has 0 unspecified atom stereocenters. The quantitative estimate of drug-likeness (QED) is 0.683. The molecule has 11 heavy (non-hydrogen) atoms. The molecule has 0 atom stereocenters. The highest BCUT2D eigenvalue weighted by atomic mass is 35.5. The predicted octanol–water partition coefficient (Wildman–Crippen LogP) is 1.93. The topological polar surface area (TPSA) is 51.8 Å². The Morgan fingerprint density at radius 2 is 2.36 bits per heavy atom. The number of fused-ring (bicyclic) bond motifs is 1. The highest BCUT2D eigenvalue weighted by Crippen LogP contribution is 2.23. The molecule has 2 aromatic heterocycles. The van der Waals surface area contributed by atoms with Crippen LogP contribution in [0.3, 0.4) is 0 Å². The number of aromatic nitrogens is 2. The number of anilines is 1. The molecule has 0 amide bonds. The molecule has 0 radical (unpaired) electrons. The van der Waals surface area contributed by atoms with Gasteiger partial charge < -0.3 is 5.73 Å². The number of halogens is 1. The van der Waals surface area contributed by atoms with E-state index in [1.807, 2.05) is 0 Å². The Hall–Kier alpha value is -0.870. The van der Waals surface area contributed by atoms with Crippen molar-refractivity contribution in [3.05, 3.63) is 17.3 Å². The van der Waals surface area contributed by atoms with E-state index < -0.39 is 0 Å². The smallest absolute Gasteiger partial charge is 0.182 e. The van der Waals surface area contributed by atoms with E-state index in [0.717, 1.165) is 4.70 Å². The average molecular weight is 186 g/mol. The van der Waals surface area contributed by atoms with Gasteiger partial charge in [-0.1, -0.05) is 22.9 Å². The first-order valence-electron chi connectivity index (χ1n) is 2.93. The van der Waals surface area contributed by atoms with E-state index in [9.17, 15) is 0 Å². The fourth-order valence-electron chi connectivity index (χ4n) is 0.812. The summed E-state index contributed by atoms with van der Waals surface area (Å²) in [6, 6.07) is 1.80. The standard InChI is InChI=1S/C6H4ClN3S/c7-3-1-4-5(9-2-3)10-6(8)11-4/h1-2H,(H2,8,9,10). The molecular formula is C6H4ClN3S. The maximum absolute atomic E-state index is 5.70. The summed E-state index contributed by atoms with van der Waals surface area (Å²) in [5.74, 6) is 0. The van der Waals surface area contributed by atoms with Crippen LogP contribution in [0.1, 0.15) is 0 Å². The zero-order valence-electron chi connectivity index (χ0n) is 5.41. The van der Waals surface area contributed by atoms with Crippen LogP contribution in [0.5, 0.6) is 0 Å². The van der Waals surface area contributed by atoms with E-state index in [2.05, 4.69) is 9.97 Å². The van der Waals surface area contributed by atoms with Crippen LogP contribution in [-0.2, 0) is 0 Å². The molecule has 56 valence electrons. The van der Waals surface area contributed by atoms with Crippen LogP contribution in [0, 0.1) is 0 Å². The van der Waals surface area contributed by atoms with Gasteiger partial charge >= 0.3 is 0 Å². The van der Waals surface area contributed by atoms with Crippen molar-refractivity contribution in [3.8, 4) is 0 Å². The summed E-state index contributed by atoms with van der Waals surface area (Å²) in [5, 5.41) is 1.14. The second-order valence-corrected chi connectivity index (χ2v) is 3.53. The number of nitrogens with two attached hydrogens (primary N) is 1. The Morgan fingerprint density at radius 3 is 3.18 bits per heavy atom. The summed E-state index contributed by atoms with van der Waals surface area (Å²) in [4.78, 5) is 7.97. The van der Waals surface area contributed by atoms with Crippen LogP contribution >= 0.6 is 22.9 Å². The summed E-state index contributed by atoms with van der Waals surface area (Å²) in [7, 11) is 0. The molecule has 0 aliphatic carbocycles. The first-order valence-corrected chi connectivity index (χ1v) is 4.13. The van der Waals surface area contributed by atoms with Gasteiger partial charge in [-0.25, -0.2) is 9.97 Å². The third-order valence-corrected chi connectivity index (χ3v) is 2.26. The lowest BCUT2D eigenvalue weighted by Gasteiger charge is -1.85. The second kappa shape index (κ2) is 2.32. The molecule has 0 aliphatic rings. The highest BCUT2D eigenvalue weighted by Gasteiger charge is 2.01. The minimum Gasteiger partial charge on any atom is -0.375 e. The fourth-order valence-corrected chi connectivity index (χ4v) is 1.77. The molecule has 0 aromatic carbocycles. The molecule has 0 aliphatic heterocycles. The summed E-state index contributed by atoms with van der Waals surface area (Å²) in [6.07, 6.45) is 1.56. The minimum absolute atomic E-state index is 0.523. The molecule has 2 N–H and O–H groups in total. The second-order valence-electron chi connectivity index (χ2n) is 2.03. The molecule has 2 aromatic rings. The van der Waals surface area contributed by atoms with Crippen molar-refractivity contribution in [3.63, 3.8) is 0 Å². The van der Waals surface area contributed by atoms with E-state index in [4.69, 9.17) is 17.3 Å². The maximum Gasteiger partial charge on any atom is 0.182 e. The zero-order valence-corrected chi connectivity index (χ0v) is 6.99. The molecule has 0 saturated heterocycles. The van der Waals surface area contributed by atoms with E-state index in [1.54, 1.807) is 12.3 Å². The number of nitrogen functional groups attached to an aromatic ring is 1. The van der Waals surface area contributed by atoms with Crippen LogP contribution in [0.25, 0.3) is 10.3 Å². The van der Waals surface area contributed by atoms with Gasteiger partial charge in [-0.15, -0.1) is 0 Å². The molecule has 0 bridgehead atoms. The van der Waals surface area contributed by atoms with Crippen LogP contribution < -0.4 is 5.73 Å². The molecular weight excluding hydrogens is 182 g/mol. The Kier molecular flexibility index (Phi) is 1.44. The normalized spacial score (nSPS) is 10.6. The molecule has 2 heterocycles. The Balaban J connectivity index is 2.82. The Bertz CT molecular complexity index is 398. The SMILES string of the molecule is Nc1nc2ncc(Cl)cc2s1. The van der Waals surface area contributed by atoms with Crippen molar-refractivity contribution in [1.82, 2.24) is 9.97 Å². The van der Waals surface area contributed by atoms with Gasteiger partial charge in [0.15, 0.2) is 10.8 Å². The van der Waals surface area contributed by atoms with Gasteiger partial charge in [0.05, 0.1) is 9.72 Å². The van der Waals surface area contributed by atoms with E-state index in [1.165, 1.54) is 11.3 Å². The minimum atomic E-state index is 0.523. The van der Waals surface area contributed by atoms with Crippen LogP contribution in [-0.4, -0.2) is 9.97 Å². The van der Waals surface area contributed by atoms with E-state index in [0.29, 0.717) is 15.8 Å². The largest absolute Gasteiger partial charge is 0.375 e. The van der Waals surface area contributed by atoms with Gasteiger partial charge in [0, 0.05) is 6.20 Å². The number of hydrogen-bond acceptors (Lipinski definition) is 4. The third kappa shape index (κ3) is 1.15. The summed E-state index contributed by atoms with van der Waals surface area (Å²) >= 11 is 7.09. The van der Waals surface area contributed by atoms with Gasteiger partial charge in [-0.3, -0.25) is 0 Å². The maximum atomic E-state index is 5.70. The molecule has 2 rings (SSSR count). The Morgan fingerprint density at radius 1 is 1.55 bits per heavy atom. The average Bonchev–Trinajstić information content (AvgIpc) is 2.27. The molecule has 5 heteroatoms. The monoisotopic (exact) mass is 185 g/mol. The van der Waals surface area contributed by atoms with Gasteiger partial charge in [0.25, 0.3) is 0 Å². The van der Waals surface area contributed by atoms with Gasteiger partial charge in [-0.05, 0) is 6.07 Å². The van der Waals surface area contributed by atoms with Gasteiger partial charge in [-0.2, -0.15) is 0 Å². The van der Waals surface area contributed by atoms with Crippen LogP contribution in [0.2, 0.25) is 5.02 Å². The third-order valence-electron chi connectivity index (χ3n) is 1.23. The van der Waals surface area contributed by atoms with Gasteiger partial charge in [0.1, 0.15) is 0 Å². The molecule has 3 nitrogen and oxygen atoms in total. The number of thiazole rings is 1. The van der Waals surface area contributed by atoms with Crippen molar-refractivity contribution in [1.29, 1.82) is 0 Å². The Labute approximate surface area is 71.8 Å². The van der Waals surface area contributed by atoms with Crippen molar-refractivity contribution in [2.75, 3.05) is 5.73 Å². The van der Waals surface area contributed by atoms with Gasteiger partial charge in [0.2, 0.25) is 0 Å². The lowest BCUT2D eigenvalue weighted by atomic mass is 10.5. The number of rotatable bonds is 0. The zero-order chi connectivity index (χ0) is 7.84. The fraction of sp³-hybridized carbons (Fsp3) is 0. The van der Waals surface area contributed by atoms with Crippen molar-refractivity contribution in [2.45, 2.75) is 0 Å². The number of hydrogen-bond donors (Lipinski definition) is 1. The van der Waals surface area contributed by atoms with Crippen molar-refractivity contribution in [2.24, 2.45) is 0 Å². The first kappa shape index (κ1) is 6.82. The van der Waals surface area contributed by atoms with Crippen molar-refractivity contribution >= 4 is 38.4 Å². The van der Waals surface area contributed by atoms with E-state index >= 15 is 0 Å². The molecule has 0 fully saturated rings. The number of pyridine rings is 1. The summed E-state index contributed by atoms with van der Waals surface area (Å²) < 4.78 is 0.926. The van der Waals surface area contributed by atoms with Crippen LogP contribution in [0.4, 0.5) is 5.13 Å². The van der Waals surface area contributed by atoms with E-state index in [-0.39, 0.29) is 0 Å². The molecule has 0 saturated carbocycles. The van der Waals surface area contributed by atoms with Crippen LogP contribution in [0.15, 0.2) is 12.3 Å². The predicted molar refractivity (Wildman–Crippen MR) is 46.8 cm³/mol. The summed E-state index contributed by atoms with van der Waals surface area (Å²) in [6.45, 7) is 0. The number of nitrogens with zero attached hydrogens (tertiary/aromatic N) is 2. The first-order chi connectivity index (χ1) is 5.25. The van der Waals surface area contributed by atoms with Crippen molar-refractivity contribution < 1.29 is 0 Å². The molecule has 0 spiro atoms. The lowest BCUT2D eigenvalue weighted by molar-refractivity contribution is 1.33. The highest BCUT2D eigenvalue weighted by molar-refractivity contribution is 7.22.